The Morgan fingerprint density at radius 2 is 1.78 bits per heavy atom. The molecule has 1 heterocycles. The van der Waals surface area contributed by atoms with Crippen LogP contribution in [0.4, 0.5) is 5.69 Å². The van der Waals surface area contributed by atoms with Gasteiger partial charge in [-0.15, -0.1) is 0 Å². The van der Waals surface area contributed by atoms with E-state index in [1.165, 1.54) is 5.56 Å². The Hall–Kier alpha value is -2.95. The lowest BCUT2D eigenvalue weighted by Crippen LogP contribution is -2.20. The fourth-order valence-corrected chi connectivity index (χ4v) is 3.13. The van der Waals surface area contributed by atoms with E-state index in [0.717, 1.165) is 23.2 Å². The number of carbonyl (C=O) groups excluding carboxylic acids is 3. The molecule has 1 amide bonds. The summed E-state index contributed by atoms with van der Waals surface area (Å²) in [5.41, 5.74) is 4.44. The number of hydrogen-bond acceptors (Lipinski definition) is 4. The summed E-state index contributed by atoms with van der Waals surface area (Å²) in [6.45, 7) is 1.82. The summed E-state index contributed by atoms with van der Waals surface area (Å²) in [5, 5.41) is 0. The SMILES string of the molecule is CCc1ccc(CCC(=O)OCC(=O)c2ccc3c(c2)CC(=O)N3C)cc1. The van der Waals surface area contributed by atoms with E-state index in [1.54, 1.807) is 30.1 Å². The minimum Gasteiger partial charge on any atom is -0.457 e. The number of nitrogens with zero attached hydrogens (tertiary/aromatic N) is 1. The van der Waals surface area contributed by atoms with Crippen LogP contribution in [0, 0.1) is 0 Å². The molecule has 5 heteroatoms. The van der Waals surface area contributed by atoms with Crippen LogP contribution >= 0.6 is 0 Å². The molecule has 0 radical (unpaired) electrons. The summed E-state index contributed by atoms with van der Waals surface area (Å²) in [5.74, 6) is -0.646. The maximum absolute atomic E-state index is 12.3. The van der Waals surface area contributed by atoms with Gasteiger partial charge in [-0.05, 0) is 47.7 Å². The molecule has 0 fully saturated rings. The molecule has 2 aromatic rings. The minimum atomic E-state index is -0.390. The molecule has 1 aliphatic heterocycles. The highest BCUT2D eigenvalue weighted by Crippen LogP contribution is 2.28. The standard InChI is InChI=1S/C22H23NO4/c1-3-15-4-6-16(7-5-15)8-11-22(26)27-14-20(24)17-9-10-19-18(12-17)13-21(25)23(19)2/h4-7,9-10,12H,3,8,11,13-14H2,1-2H3. The third kappa shape index (κ3) is 4.42. The third-order valence-corrected chi connectivity index (χ3v) is 4.89. The zero-order chi connectivity index (χ0) is 19.4. The molecular weight excluding hydrogens is 342 g/mol. The van der Waals surface area contributed by atoms with Crippen molar-refractivity contribution in [3.63, 3.8) is 0 Å². The highest BCUT2D eigenvalue weighted by Gasteiger charge is 2.24. The van der Waals surface area contributed by atoms with Crippen LogP contribution in [-0.2, 0) is 33.6 Å². The fourth-order valence-electron chi connectivity index (χ4n) is 3.13. The number of Topliss-reactive ketones (excluding diaryl/α,β-unsaturated/α-hetero) is 1. The summed E-state index contributed by atoms with van der Waals surface area (Å²) >= 11 is 0. The number of aryl methyl sites for hydroxylation is 2. The first-order valence-corrected chi connectivity index (χ1v) is 9.14. The molecule has 1 aliphatic rings. The van der Waals surface area contributed by atoms with E-state index >= 15 is 0 Å². The third-order valence-electron chi connectivity index (χ3n) is 4.89. The van der Waals surface area contributed by atoms with Crippen LogP contribution < -0.4 is 4.90 Å². The van der Waals surface area contributed by atoms with Crippen LogP contribution in [0.1, 0.15) is 40.4 Å². The molecule has 0 saturated heterocycles. The number of benzene rings is 2. The predicted molar refractivity (Wildman–Crippen MR) is 103 cm³/mol. The summed E-state index contributed by atoms with van der Waals surface area (Å²) < 4.78 is 5.12. The lowest BCUT2D eigenvalue weighted by Gasteiger charge is -2.10. The summed E-state index contributed by atoms with van der Waals surface area (Å²) in [6.07, 6.45) is 2.10. The van der Waals surface area contributed by atoms with E-state index in [9.17, 15) is 14.4 Å². The Kier molecular flexibility index (Phi) is 5.69. The van der Waals surface area contributed by atoms with Gasteiger partial charge in [0.25, 0.3) is 0 Å². The van der Waals surface area contributed by atoms with Crippen molar-refractivity contribution in [2.24, 2.45) is 0 Å². The second-order valence-electron chi connectivity index (χ2n) is 6.73. The van der Waals surface area contributed by atoms with Crippen molar-refractivity contribution in [1.29, 1.82) is 0 Å². The topological polar surface area (TPSA) is 63.7 Å². The molecular formula is C22H23NO4. The zero-order valence-corrected chi connectivity index (χ0v) is 15.7. The van der Waals surface area contributed by atoms with Crippen LogP contribution in [0.2, 0.25) is 0 Å². The Bertz CT molecular complexity index is 870. The predicted octanol–water partition coefficient (Wildman–Crippen LogP) is 3.13. The molecule has 2 aromatic carbocycles. The van der Waals surface area contributed by atoms with Crippen molar-refractivity contribution in [1.82, 2.24) is 0 Å². The number of likely N-dealkylation sites (N-methyl/N-ethyl adjacent to an activating group) is 1. The molecule has 27 heavy (non-hydrogen) atoms. The first-order valence-electron chi connectivity index (χ1n) is 9.14. The van der Waals surface area contributed by atoms with E-state index in [1.807, 2.05) is 12.1 Å². The summed E-state index contributed by atoms with van der Waals surface area (Å²) in [4.78, 5) is 37.5. The number of amides is 1. The average Bonchev–Trinajstić information content (AvgIpc) is 2.98. The van der Waals surface area contributed by atoms with Crippen LogP contribution in [0.5, 0.6) is 0 Å². The lowest BCUT2D eigenvalue weighted by molar-refractivity contribution is -0.142. The molecule has 3 rings (SSSR count). The first kappa shape index (κ1) is 18.8. The Balaban J connectivity index is 1.49. The molecule has 0 aromatic heterocycles. The largest absolute Gasteiger partial charge is 0.457 e. The van der Waals surface area contributed by atoms with Gasteiger partial charge in [0, 0.05) is 24.7 Å². The molecule has 0 saturated carbocycles. The molecule has 0 aliphatic carbocycles. The molecule has 0 bridgehead atoms. The molecule has 0 N–H and O–H groups in total. The Morgan fingerprint density at radius 3 is 2.48 bits per heavy atom. The van der Waals surface area contributed by atoms with Gasteiger partial charge in [-0.25, -0.2) is 0 Å². The van der Waals surface area contributed by atoms with Crippen molar-refractivity contribution < 1.29 is 19.1 Å². The highest BCUT2D eigenvalue weighted by atomic mass is 16.5. The quantitative estimate of drug-likeness (QED) is 0.559. The number of fused-ring (bicyclic) bond motifs is 1. The van der Waals surface area contributed by atoms with Crippen LogP contribution in [0.3, 0.4) is 0 Å². The van der Waals surface area contributed by atoms with Gasteiger partial charge in [0.1, 0.15) is 0 Å². The van der Waals surface area contributed by atoms with E-state index < -0.39 is 0 Å². The second-order valence-corrected chi connectivity index (χ2v) is 6.73. The zero-order valence-electron chi connectivity index (χ0n) is 15.7. The lowest BCUT2D eigenvalue weighted by atomic mass is 10.1. The fraction of sp³-hybridized carbons (Fsp3) is 0.318. The molecule has 0 atom stereocenters. The van der Waals surface area contributed by atoms with Crippen molar-refractivity contribution in [3.05, 3.63) is 64.7 Å². The van der Waals surface area contributed by atoms with Crippen molar-refractivity contribution in [2.45, 2.75) is 32.6 Å². The van der Waals surface area contributed by atoms with E-state index in [4.69, 9.17) is 4.74 Å². The van der Waals surface area contributed by atoms with Crippen molar-refractivity contribution in [3.8, 4) is 0 Å². The molecule has 0 spiro atoms. The maximum atomic E-state index is 12.3. The number of anilines is 1. The highest BCUT2D eigenvalue weighted by molar-refractivity contribution is 6.03. The monoisotopic (exact) mass is 365 g/mol. The Morgan fingerprint density at radius 1 is 1.07 bits per heavy atom. The Labute approximate surface area is 158 Å². The molecule has 0 unspecified atom stereocenters. The smallest absolute Gasteiger partial charge is 0.306 e. The van der Waals surface area contributed by atoms with Crippen LogP contribution in [-0.4, -0.2) is 31.3 Å². The van der Waals surface area contributed by atoms with Crippen molar-refractivity contribution in [2.75, 3.05) is 18.6 Å². The van der Waals surface area contributed by atoms with Gasteiger partial charge in [-0.3, -0.25) is 14.4 Å². The maximum Gasteiger partial charge on any atom is 0.306 e. The summed E-state index contributed by atoms with van der Waals surface area (Å²) in [6, 6.07) is 13.3. The van der Waals surface area contributed by atoms with Gasteiger partial charge in [0.05, 0.1) is 6.42 Å². The molecule has 140 valence electrons. The van der Waals surface area contributed by atoms with Gasteiger partial charge in [0.2, 0.25) is 5.91 Å². The van der Waals surface area contributed by atoms with Gasteiger partial charge in [0.15, 0.2) is 12.4 Å². The number of carbonyl (C=O) groups is 3. The number of hydrogen-bond donors (Lipinski definition) is 0. The molecule has 5 nitrogen and oxygen atoms in total. The van der Waals surface area contributed by atoms with Crippen molar-refractivity contribution >= 4 is 23.3 Å². The number of ketones is 1. The van der Waals surface area contributed by atoms with Crippen LogP contribution in [0.25, 0.3) is 0 Å². The number of ether oxygens (including phenoxy) is 1. The number of esters is 1. The van der Waals surface area contributed by atoms with E-state index in [0.29, 0.717) is 18.4 Å². The second kappa shape index (κ2) is 8.16. The summed E-state index contributed by atoms with van der Waals surface area (Å²) in [7, 11) is 1.72. The van der Waals surface area contributed by atoms with E-state index in [-0.39, 0.29) is 30.7 Å². The van der Waals surface area contributed by atoms with Gasteiger partial charge in [-0.2, -0.15) is 0 Å². The van der Waals surface area contributed by atoms with Crippen LogP contribution in [0.15, 0.2) is 42.5 Å². The van der Waals surface area contributed by atoms with Gasteiger partial charge < -0.3 is 9.64 Å². The minimum absolute atomic E-state index is 0.00740. The van der Waals surface area contributed by atoms with E-state index in [2.05, 4.69) is 19.1 Å². The normalized spacial score (nSPS) is 12.8. The van der Waals surface area contributed by atoms with Gasteiger partial charge in [-0.1, -0.05) is 31.2 Å². The average molecular weight is 365 g/mol. The first-order chi connectivity index (χ1) is 13.0. The van der Waals surface area contributed by atoms with Gasteiger partial charge >= 0.3 is 5.97 Å². The number of rotatable bonds is 7.